The van der Waals surface area contributed by atoms with Gasteiger partial charge in [0.25, 0.3) is 5.91 Å². The monoisotopic (exact) mass is 412 g/mol. The molecule has 0 radical (unpaired) electrons. The Labute approximate surface area is 175 Å². The van der Waals surface area contributed by atoms with E-state index in [9.17, 15) is 4.79 Å². The second kappa shape index (κ2) is 9.39. The number of ether oxygens (including phenoxy) is 1. The van der Waals surface area contributed by atoms with Gasteiger partial charge in [-0.1, -0.05) is 29.8 Å². The first-order valence-corrected chi connectivity index (χ1v) is 10.3. The highest BCUT2D eigenvalue weighted by Gasteiger charge is 2.22. The molecule has 1 aliphatic rings. The van der Waals surface area contributed by atoms with Gasteiger partial charge in [0, 0.05) is 56.0 Å². The Morgan fingerprint density at radius 2 is 1.93 bits per heavy atom. The van der Waals surface area contributed by atoms with Crippen molar-refractivity contribution < 1.29 is 9.53 Å². The second-order valence-corrected chi connectivity index (χ2v) is 7.63. The summed E-state index contributed by atoms with van der Waals surface area (Å²) in [6.07, 6.45) is 4.40. The quantitative estimate of drug-likeness (QED) is 0.644. The molecule has 0 bridgehead atoms. The van der Waals surface area contributed by atoms with E-state index in [0.29, 0.717) is 23.8 Å². The molecule has 29 heavy (non-hydrogen) atoms. The van der Waals surface area contributed by atoms with Crippen molar-refractivity contribution in [3.8, 4) is 0 Å². The van der Waals surface area contributed by atoms with Crippen LogP contribution in [0.3, 0.4) is 0 Å². The maximum absolute atomic E-state index is 13.4. The Balaban J connectivity index is 1.51. The molecule has 1 aromatic carbocycles. The number of H-pyrrole nitrogens is 1. The number of nitrogens with one attached hydrogen (secondary N) is 1. The van der Waals surface area contributed by atoms with E-state index in [1.807, 2.05) is 41.3 Å². The van der Waals surface area contributed by atoms with Crippen molar-refractivity contribution in [1.29, 1.82) is 0 Å². The lowest BCUT2D eigenvalue weighted by molar-refractivity contribution is 0.0355. The molecule has 1 N–H and O–H groups in total. The standard InChI is InChI=1S/C22H25ClN4O2/c23-20-18-4-1-2-5-19(18)25-21(20)22(28)27(16-17-6-8-24-9-7-17)11-3-10-26-12-14-29-15-13-26/h1-2,4-9,25H,3,10-16H2. The molecule has 0 unspecified atom stereocenters. The van der Waals surface area contributed by atoms with Gasteiger partial charge in [0.15, 0.2) is 0 Å². The number of carbonyl (C=O) groups is 1. The third-order valence-corrected chi connectivity index (χ3v) is 5.67. The predicted molar refractivity (Wildman–Crippen MR) is 114 cm³/mol. The maximum Gasteiger partial charge on any atom is 0.272 e. The highest BCUT2D eigenvalue weighted by atomic mass is 35.5. The number of halogens is 1. The number of hydrogen-bond acceptors (Lipinski definition) is 4. The number of hydrogen-bond donors (Lipinski definition) is 1. The van der Waals surface area contributed by atoms with Crippen molar-refractivity contribution >= 4 is 28.4 Å². The summed E-state index contributed by atoms with van der Waals surface area (Å²) in [5.74, 6) is -0.0787. The predicted octanol–water partition coefficient (Wildman–Crippen LogP) is 3.58. The number of benzene rings is 1. The van der Waals surface area contributed by atoms with Gasteiger partial charge in [-0.05, 0) is 30.2 Å². The Hall–Kier alpha value is -2.41. The number of rotatable bonds is 7. The SMILES string of the molecule is O=C(c1[nH]c2ccccc2c1Cl)N(CCCN1CCOCC1)Cc1ccncc1. The summed E-state index contributed by atoms with van der Waals surface area (Å²) in [6.45, 7) is 5.59. The van der Waals surface area contributed by atoms with E-state index in [4.69, 9.17) is 16.3 Å². The highest BCUT2D eigenvalue weighted by molar-refractivity contribution is 6.38. The largest absolute Gasteiger partial charge is 0.379 e. The fourth-order valence-corrected chi connectivity index (χ4v) is 3.98. The van der Waals surface area contributed by atoms with Crippen LogP contribution in [0.5, 0.6) is 0 Å². The van der Waals surface area contributed by atoms with Gasteiger partial charge in [0.05, 0.1) is 18.2 Å². The summed E-state index contributed by atoms with van der Waals surface area (Å²) in [5.41, 5.74) is 2.37. The summed E-state index contributed by atoms with van der Waals surface area (Å²) >= 11 is 6.54. The summed E-state index contributed by atoms with van der Waals surface area (Å²) in [4.78, 5) is 24.9. The van der Waals surface area contributed by atoms with E-state index in [-0.39, 0.29) is 5.91 Å². The zero-order chi connectivity index (χ0) is 20.1. The van der Waals surface area contributed by atoms with Crippen molar-refractivity contribution in [3.63, 3.8) is 0 Å². The van der Waals surface area contributed by atoms with Gasteiger partial charge in [0.2, 0.25) is 0 Å². The zero-order valence-electron chi connectivity index (χ0n) is 16.3. The number of fused-ring (bicyclic) bond motifs is 1. The lowest BCUT2D eigenvalue weighted by Gasteiger charge is -2.28. The van der Waals surface area contributed by atoms with Crippen molar-refractivity contribution in [2.75, 3.05) is 39.4 Å². The topological polar surface area (TPSA) is 61.5 Å². The molecule has 7 heteroatoms. The van der Waals surface area contributed by atoms with E-state index < -0.39 is 0 Å². The lowest BCUT2D eigenvalue weighted by atomic mass is 10.2. The van der Waals surface area contributed by atoms with Gasteiger partial charge in [-0.3, -0.25) is 14.7 Å². The fourth-order valence-electron chi connectivity index (χ4n) is 3.68. The molecular formula is C22H25ClN4O2. The van der Waals surface area contributed by atoms with Gasteiger partial charge in [-0.15, -0.1) is 0 Å². The lowest BCUT2D eigenvalue weighted by Crippen LogP contribution is -2.39. The average Bonchev–Trinajstić information content (AvgIpc) is 3.11. The van der Waals surface area contributed by atoms with Gasteiger partial charge in [-0.25, -0.2) is 0 Å². The Morgan fingerprint density at radius 1 is 1.17 bits per heavy atom. The molecule has 1 saturated heterocycles. The molecule has 0 atom stereocenters. The number of nitrogens with zero attached hydrogens (tertiary/aromatic N) is 3. The molecule has 3 heterocycles. The van der Waals surface area contributed by atoms with Crippen LogP contribution in [0.25, 0.3) is 10.9 Å². The first kappa shape index (κ1) is 19.9. The van der Waals surface area contributed by atoms with Crippen molar-refractivity contribution in [1.82, 2.24) is 19.8 Å². The second-order valence-electron chi connectivity index (χ2n) is 7.25. The number of aromatic nitrogens is 2. The summed E-state index contributed by atoms with van der Waals surface area (Å²) < 4.78 is 5.41. The third-order valence-electron chi connectivity index (χ3n) is 5.27. The number of pyridine rings is 1. The van der Waals surface area contributed by atoms with Crippen LogP contribution >= 0.6 is 11.6 Å². The summed E-state index contributed by atoms with van der Waals surface area (Å²) in [5, 5.41) is 1.35. The average molecular weight is 413 g/mol. The zero-order valence-corrected chi connectivity index (χ0v) is 17.1. The molecule has 4 rings (SSSR count). The van der Waals surface area contributed by atoms with Gasteiger partial charge in [0.1, 0.15) is 5.69 Å². The molecule has 6 nitrogen and oxygen atoms in total. The Bertz CT molecular complexity index is 954. The molecule has 1 aliphatic heterocycles. The molecule has 0 saturated carbocycles. The van der Waals surface area contributed by atoms with E-state index in [2.05, 4.69) is 14.9 Å². The molecule has 2 aromatic heterocycles. The first-order valence-electron chi connectivity index (χ1n) is 9.97. The minimum Gasteiger partial charge on any atom is -0.379 e. The fraction of sp³-hybridized carbons (Fsp3) is 0.364. The molecule has 1 fully saturated rings. The van der Waals surface area contributed by atoms with Crippen LogP contribution in [0, 0.1) is 0 Å². The van der Waals surface area contributed by atoms with Gasteiger partial charge in [-0.2, -0.15) is 0 Å². The van der Waals surface area contributed by atoms with Crippen LogP contribution in [-0.2, 0) is 11.3 Å². The smallest absolute Gasteiger partial charge is 0.272 e. The van der Waals surface area contributed by atoms with Crippen molar-refractivity contribution in [3.05, 3.63) is 65.1 Å². The number of carbonyl (C=O) groups excluding carboxylic acids is 1. The molecular weight excluding hydrogens is 388 g/mol. The minimum absolute atomic E-state index is 0.0787. The van der Waals surface area contributed by atoms with Gasteiger partial charge >= 0.3 is 0 Å². The van der Waals surface area contributed by atoms with E-state index >= 15 is 0 Å². The van der Waals surface area contributed by atoms with Crippen LogP contribution < -0.4 is 0 Å². The Morgan fingerprint density at radius 3 is 2.69 bits per heavy atom. The number of para-hydroxylation sites is 1. The highest BCUT2D eigenvalue weighted by Crippen LogP contribution is 2.28. The molecule has 0 spiro atoms. The van der Waals surface area contributed by atoms with E-state index in [1.54, 1.807) is 12.4 Å². The van der Waals surface area contributed by atoms with Crippen LogP contribution in [-0.4, -0.2) is 65.1 Å². The summed E-state index contributed by atoms with van der Waals surface area (Å²) in [7, 11) is 0. The minimum atomic E-state index is -0.0787. The van der Waals surface area contributed by atoms with E-state index in [1.165, 1.54) is 0 Å². The molecule has 1 amide bonds. The number of amides is 1. The number of morpholine rings is 1. The van der Waals surface area contributed by atoms with Crippen LogP contribution in [0.15, 0.2) is 48.8 Å². The van der Waals surface area contributed by atoms with E-state index in [0.717, 1.165) is 55.7 Å². The Kier molecular flexibility index (Phi) is 6.44. The third kappa shape index (κ3) is 4.78. The molecule has 0 aliphatic carbocycles. The summed E-state index contributed by atoms with van der Waals surface area (Å²) in [6, 6.07) is 11.6. The van der Waals surface area contributed by atoms with Crippen LogP contribution in [0.1, 0.15) is 22.5 Å². The normalized spacial score (nSPS) is 14.9. The van der Waals surface area contributed by atoms with Crippen molar-refractivity contribution in [2.24, 2.45) is 0 Å². The first-order chi connectivity index (χ1) is 14.2. The molecule has 3 aromatic rings. The number of aromatic amines is 1. The van der Waals surface area contributed by atoms with Crippen LogP contribution in [0.4, 0.5) is 0 Å². The van der Waals surface area contributed by atoms with Crippen molar-refractivity contribution in [2.45, 2.75) is 13.0 Å². The van der Waals surface area contributed by atoms with Crippen LogP contribution in [0.2, 0.25) is 5.02 Å². The van der Waals surface area contributed by atoms with Gasteiger partial charge < -0.3 is 14.6 Å². The molecule has 152 valence electrons. The maximum atomic E-state index is 13.4.